The molecule has 0 spiro atoms. The van der Waals surface area contributed by atoms with Crippen molar-refractivity contribution in [3.05, 3.63) is 282 Å². The molecular formula is C64H47N. The number of fused-ring (bicyclic) bond motifs is 6. The summed E-state index contributed by atoms with van der Waals surface area (Å²) < 4.78 is 0. The average molecular weight is 830 g/mol. The van der Waals surface area contributed by atoms with Gasteiger partial charge in [-0.15, -0.1) is 0 Å². The van der Waals surface area contributed by atoms with E-state index in [4.69, 9.17) is 0 Å². The summed E-state index contributed by atoms with van der Waals surface area (Å²) in [6, 6.07) is 92.1. The van der Waals surface area contributed by atoms with Crippen LogP contribution in [0.3, 0.4) is 0 Å². The quantitative estimate of drug-likeness (QED) is 0.147. The monoisotopic (exact) mass is 829 g/mol. The van der Waals surface area contributed by atoms with Crippen molar-refractivity contribution in [2.24, 2.45) is 0 Å². The molecule has 10 aromatic carbocycles. The standard InChI is InChI=1S/C64H47N/c1-63(2)58-33-15-12-31-54(58)56-39-37-52(43-60(56)63)65(62-35-17-14-30-53(62)45-22-8-4-9-23-45)51-29-19-25-47(41-51)48-36-38-57-55-32-13-16-34-59(55)64(61(57)42-48,49-26-10-5-11-27-49)50-28-18-24-46(40-50)44-20-6-3-7-21-44/h3-43H,1-2H3. The second-order valence-corrected chi connectivity index (χ2v) is 18.0. The molecule has 308 valence electrons. The van der Waals surface area contributed by atoms with Gasteiger partial charge in [0.2, 0.25) is 0 Å². The highest BCUT2D eigenvalue weighted by Crippen LogP contribution is 2.57. The molecule has 10 aromatic rings. The zero-order valence-corrected chi connectivity index (χ0v) is 36.6. The summed E-state index contributed by atoms with van der Waals surface area (Å²) >= 11 is 0. The largest absolute Gasteiger partial charge is 0.310 e. The van der Waals surface area contributed by atoms with Gasteiger partial charge in [0, 0.05) is 22.4 Å². The van der Waals surface area contributed by atoms with Crippen molar-refractivity contribution in [2.75, 3.05) is 4.90 Å². The fourth-order valence-corrected chi connectivity index (χ4v) is 11.1. The van der Waals surface area contributed by atoms with E-state index in [0.717, 1.165) is 22.6 Å². The van der Waals surface area contributed by atoms with Gasteiger partial charge in [0.25, 0.3) is 0 Å². The smallest absolute Gasteiger partial charge is 0.0713 e. The first-order chi connectivity index (χ1) is 32.0. The first kappa shape index (κ1) is 38.7. The molecule has 2 aliphatic rings. The van der Waals surface area contributed by atoms with Crippen molar-refractivity contribution < 1.29 is 0 Å². The Balaban J connectivity index is 1.05. The average Bonchev–Trinajstić information content (AvgIpc) is 3.80. The molecular weight excluding hydrogens is 783 g/mol. The van der Waals surface area contributed by atoms with Gasteiger partial charge in [-0.2, -0.15) is 0 Å². The third-order valence-electron chi connectivity index (χ3n) is 14.1. The van der Waals surface area contributed by atoms with Gasteiger partial charge in [-0.05, 0) is 126 Å². The van der Waals surface area contributed by atoms with Crippen molar-refractivity contribution in [2.45, 2.75) is 24.7 Å². The third kappa shape index (κ3) is 6.15. The Hall–Kier alpha value is -8.00. The molecule has 0 bridgehead atoms. The number of para-hydroxylation sites is 1. The van der Waals surface area contributed by atoms with Crippen LogP contribution in [-0.4, -0.2) is 0 Å². The Kier molecular flexibility index (Phi) is 9.14. The van der Waals surface area contributed by atoms with Gasteiger partial charge in [0.1, 0.15) is 0 Å². The lowest BCUT2D eigenvalue weighted by Gasteiger charge is -2.34. The Bertz CT molecular complexity index is 3400. The summed E-state index contributed by atoms with van der Waals surface area (Å²) in [5.74, 6) is 0. The van der Waals surface area contributed by atoms with E-state index in [9.17, 15) is 0 Å². The number of rotatable bonds is 8. The predicted octanol–water partition coefficient (Wildman–Crippen LogP) is 16.8. The van der Waals surface area contributed by atoms with E-state index >= 15 is 0 Å². The molecule has 0 aromatic heterocycles. The van der Waals surface area contributed by atoms with Crippen LogP contribution in [0.25, 0.3) is 55.6 Å². The fourth-order valence-electron chi connectivity index (χ4n) is 11.1. The number of nitrogens with zero attached hydrogens (tertiary/aromatic N) is 1. The topological polar surface area (TPSA) is 3.24 Å². The molecule has 0 radical (unpaired) electrons. The predicted molar refractivity (Wildman–Crippen MR) is 272 cm³/mol. The second-order valence-electron chi connectivity index (χ2n) is 18.0. The van der Waals surface area contributed by atoms with Crippen LogP contribution >= 0.6 is 0 Å². The molecule has 1 unspecified atom stereocenters. The minimum Gasteiger partial charge on any atom is -0.310 e. The highest BCUT2D eigenvalue weighted by molar-refractivity contribution is 5.93. The van der Waals surface area contributed by atoms with E-state index in [2.05, 4.69) is 267 Å². The SMILES string of the molecule is CC1(C)c2ccccc2-c2ccc(N(c3cccc(-c4ccc5c(c4)C(c4ccccc4)(c4cccc(-c6ccccc6)c4)c4ccccc4-5)c3)c3ccccc3-c3ccccc3)cc21. The van der Waals surface area contributed by atoms with Gasteiger partial charge in [-0.1, -0.05) is 220 Å². The molecule has 0 N–H and O–H groups in total. The highest BCUT2D eigenvalue weighted by Gasteiger charge is 2.46. The fraction of sp³-hybridized carbons (Fsp3) is 0.0625. The first-order valence-electron chi connectivity index (χ1n) is 22.8. The van der Waals surface area contributed by atoms with Crippen molar-refractivity contribution in [1.82, 2.24) is 0 Å². The Labute approximate surface area is 382 Å². The lowest BCUT2D eigenvalue weighted by atomic mass is 9.67. The zero-order chi connectivity index (χ0) is 43.5. The van der Waals surface area contributed by atoms with Gasteiger partial charge in [-0.3, -0.25) is 0 Å². The Morgan fingerprint density at radius 2 is 0.769 bits per heavy atom. The van der Waals surface area contributed by atoms with Gasteiger partial charge >= 0.3 is 0 Å². The minimum absolute atomic E-state index is 0.137. The maximum Gasteiger partial charge on any atom is 0.0713 e. The van der Waals surface area contributed by atoms with Crippen molar-refractivity contribution in [3.8, 4) is 55.6 Å². The van der Waals surface area contributed by atoms with Crippen LogP contribution in [0.2, 0.25) is 0 Å². The van der Waals surface area contributed by atoms with Gasteiger partial charge < -0.3 is 4.90 Å². The van der Waals surface area contributed by atoms with Crippen LogP contribution in [-0.2, 0) is 10.8 Å². The number of hydrogen-bond donors (Lipinski definition) is 0. The zero-order valence-electron chi connectivity index (χ0n) is 36.6. The normalized spacial score (nSPS) is 15.1. The Morgan fingerprint density at radius 1 is 0.277 bits per heavy atom. The minimum atomic E-state index is -0.541. The summed E-state index contributed by atoms with van der Waals surface area (Å²) in [4.78, 5) is 2.47. The van der Waals surface area contributed by atoms with Gasteiger partial charge in [0.15, 0.2) is 0 Å². The van der Waals surface area contributed by atoms with E-state index in [0.29, 0.717) is 0 Å². The van der Waals surface area contributed by atoms with Crippen LogP contribution in [0.5, 0.6) is 0 Å². The summed E-state index contributed by atoms with van der Waals surface area (Å²) in [6.45, 7) is 4.73. The molecule has 0 fully saturated rings. The summed E-state index contributed by atoms with van der Waals surface area (Å²) in [5.41, 5.74) is 22.9. The number of anilines is 3. The van der Waals surface area contributed by atoms with Gasteiger partial charge in [0.05, 0.1) is 11.1 Å². The van der Waals surface area contributed by atoms with Gasteiger partial charge in [-0.25, -0.2) is 0 Å². The molecule has 0 aliphatic heterocycles. The van der Waals surface area contributed by atoms with Crippen LogP contribution < -0.4 is 4.90 Å². The molecule has 2 aliphatic carbocycles. The maximum atomic E-state index is 2.48. The number of benzene rings is 10. The molecule has 65 heavy (non-hydrogen) atoms. The number of hydrogen-bond acceptors (Lipinski definition) is 1. The van der Waals surface area contributed by atoms with E-state index in [1.54, 1.807) is 0 Å². The molecule has 1 nitrogen and oxygen atoms in total. The highest BCUT2D eigenvalue weighted by atomic mass is 15.1. The lowest BCUT2D eigenvalue weighted by Crippen LogP contribution is -2.28. The molecule has 12 rings (SSSR count). The molecule has 0 amide bonds. The van der Waals surface area contributed by atoms with E-state index in [-0.39, 0.29) is 5.41 Å². The van der Waals surface area contributed by atoms with E-state index < -0.39 is 5.41 Å². The summed E-state index contributed by atoms with van der Waals surface area (Å²) in [5, 5.41) is 0. The van der Waals surface area contributed by atoms with E-state index in [1.807, 2.05) is 0 Å². The van der Waals surface area contributed by atoms with Crippen LogP contribution in [0.4, 0.5) is 17.1 Å². The maximum absolute atomic E-state index is 2.48. The van der Waals surface area contributed by atoms with Crippen LogP contribution in [0.1, 0.15) is 47.2 Å². The molecule has 1 atom stereocenters. The van der Waals surface area contributed by atoms with Crippen molar-refractivity contribution in [3.63, 3.8) is 0 Å². The first-order valence-corrected chi connectivity index (χ1v) is 22.8. The van der Waals surface area contributed by atoms with Crippen LogP contribution in [0.15, 0.2) is 249 Å². The molecule has 1 heteroatoms. The van der Waals surface area contributed by atoms with Crippen molar-refractivity contribution >= 4 is 17.1 Å². The molecule has 0 heterocycles. The lowest BCUT2D eigenvalue weighted by molar-refractivity contribution is 0.660. The molecule has 0 saturated carbocycles. The second kappa shape index (κ2) is 15.4. The molecule has 0 saturated heterocycles. The summed E-state index contributed by atoms with van der Waals surface area (Å²) in [6.07, 6.45) is 0. The Morgan fingerprint density at radius 3 is 1.52 bits per heavy atom. The van der Waals surface area contributed by atoms with Crippen molar-refractivity contribution in [1.29, 1.82) is 0 Å². The summed E-state index contributed by atoms with van der Waals surface area (Å²) in [7, 11) is 0. The van der Waals surface area contributed by atoms with E-state index in [1.165, 1.54) is 83.5 Å². The third-order valence-corrected chi connectivity index (χ3v) is 14.1. The van der Waals surface area contributed by atoms with Crippen LogP contribution in [0, 0.1) is 0 Å².